The van der Waals surface area contributed by atoms with Crippen LogP contribution < -0.4 is 10.6 Å². The van der Waals surface area contributed by atoms with E-state index >= 15 is 0 Å². The van der Waals surface area contributed by atoms with Crippen molar-refractivity contribution in [1.29, 1.82) is 0 Å². The molecule has 1 aliphatic rings. The molecule has 7 nitrogen and oxygen atoms in total. The van der Waals surface area contributed by atoms with Crippen LogP contribution in [0.3, 0.4) is 0 Å². The van der Waals surface area contributed by atoms with E-state index < -0.39 is 25.7 Å². The fourth-order valence-corrected chi connectivity index (χ4v) is 4.25. The van der Waals surface area contributed by atoms with Gasteiger partial charge in [-0.15, -0.1) is 5.10 Å². The summed E-state index contributed by atoms with van der Waals surface area (Å²) >= 11 is 0. The lowest BCUT2D eigenvalue weighted by Crippen LogP contribution is -2.54. The number of nitrogens with zero attached hydrogens (tertiary/aromatic N) is 3. The van der Waals surface area contributed by atoms with Gasteiger partial charge in [0.15, 0.2) is 5.69 Å². The molecule has 25 heavy (non-hydrogen) atoms. The van der Waals surface area contributed by atoms with Crippen molar-refractivity contribution in [1.82, 2.24) is 20.3 Å². The smallest absolute Gasteiger partial charge is 0.359 e. The molecule has 1 aromatic rings. The number of esters is 1. The van der Waals surface area contributed by atoms with Crippen LogP contribution in [0.1, 0.15) is 57.6 Å². The van der Waals surface area contributed by atoms with Crippen molar-refractivity contribution >= 4 is 25.3 Å². The highest BCUT2D eigenvalue weighted by Gasteiger charge is 2.45. The van der Waals surface area contributed by atoms with E-state index in [0.29, 0.717) is 18.0 Å². The van der Waals surface area contributed by atoms with Gasteiger partial charge in [0.25, 0.3) is 5.91 Å². The minimum absolute atomic E-state index is 0.290. The van der Waals surface area contributed by atoms with Gasteiger partial charge in [-0.3, -0.25) is 4.79 Å². The van der Waals surface area contributed by atoms with Crippen molar-refractivity contribution in [3.8, 4) is 0 Å². The maximum atomic E-state index is 12.7. The molecule has 0 fully saturated rings. The van der Waals surface area contributed by atoms with Crippen LogP contribution in [0.2, 0.25) is 19.6 Å². The lowest BCUT2D eigenvalue weighted by Gasteiger charge is -2.34. The van der Waals surface area contributed by atoms with E-state index in [1.807, 2.05) is 20.8 Å². The number of aromatic nitrogens is 3. The predicted molar refractivity (Wildman–Crippen MR) is 98.6 cm³/mol. The number of hydrogen-bond acceptors (Lipinski definition) is 5. The largest absolute Gasteiger partial charge is 0.445 e. The molecule has 8 heteroatoms. The maximum absolute atomic E-state index is 12.7. The first-order valence-corrected chi connectivity index (χ1v) is 12.3. The summed E-state index contributed by atoms with van der Waals surface area (Å²) in [6, 6.07) is -0.340. The van der Waals surface area contributed by atoms with E-state index in [1.54, 1.807) is 4.68 Å². The molecule has 1 aliphatic heterocycles. The molecule has 0 saturated carbocycles. The number of fused-ring (bicyclic) bond motifs is 1. The van der Waals surface area contributed by atoms with Crippen molar-refractivity contribution in [2.75, 3.05) is 0 Å². The average Bonchev–Trinajstić information content (AvgIpc) is 2.84. The quantitative estimate of drug-likeness (QED) is 0.649. The molecule has 1 aromatic heterocycles. The minimum atomic E-state index is -1.85. The molecular formula is C17H30N4O3Si. The Morgan fingerprint density at radius 3 is 2.40 bits per heavy atom. The molecule has 0 saturated heterocycles. The highest BCUT2D eigenvalue weighted by atomic mass is 28.3. The first kappa shape index (κ1) is 19.6. The van der Waals surface area contributed by atoms with Gasteiger partial charge in [0.2, 0.25) is 6.10 Å². The number of rotatable bonds is 4. The van der Waals surface area contributed by atoms with E-state index in [2.05, 4.69) is 49.1 Å². The van der Waals surface area contributed by atoms with E-state index in [0.717, 1.165) is 5.32 Å². The summed E-state index contributed by atoms with van der Waals surface area (Å²) in [6.45, 7) is 16.2. The summed E-state index contributed by atoms with van der Waals surface area (Å²) in [7, 11) is -1.85. The van der Waals surface area contributed by atoms with Crippen LogP contribution in [0.5, 0.6) is 0 Å². The third-order valence-electron chi connectivity index (χ3n) is 3.97. The van der Waals surface area contributed by atoms with Gasteiger partial charge in [0.05, 0.1) is 5.32 Å². The number of cyclic esters (lactones) is 1. The Bertz CT molecular complexity index is 670. The van der Waals surface area contributed by atoms with Crippen molar-refractivity contribution in [2.45, 2.75) is 78.4 Å². The Labute approximate surface area is 150 Å². The van der Waals surface area contributed by atoms with Gasteiger partial charge < -0.3 is 10.1 Å². The second-order valence-corrected chi connectivity index (χ2v) is 14.2. The molecule has 0 aliphatic carbocycles. The van der Waals surface area contributed by atoms with Crippen LogP contribution in [-0.4, -0.2) is 46.6 Å². The molecular weight excluding hydrogens is 336 g/mol. The zero-order valence-corrected chi connectivity index (χ0v) is 17.5. The number of ether oxygens (including phenoxy) is 1. The van der Waals surface area contributed by atoms with Crippen molar-refractivity contribution in [3.05, 3.63) is 5.69 Å². The number of carbonyl (C=O) groups excluding carboxylic acids is 2. The van der Waals surface area contributed by atoms with Gasteiger partial charge >= 0.3 is 5.97 Å². The first-order valence-electron chi connectivity index (χ1n) is 8.80. The number of hydrogen-bond donors (Lipinski definition) is 1. The standard InChI is InChI=1S/C17H30N4O3Si/c1-10(2)9-11-13(14(22)18-17(3,4)5)24-16(23)12-15(25(6,7)8)19-20-21(11)12/h10-11,13H,9H2,1-8H3,(H,18,22). The Morgan fingerprint density at radius 1 is 1.32 bits per heavy atom. The Hall–Kier alpha value is -1.70. The highest BCUT2D eigenvalue weighted by Crippen LogP contribution is 2.29. The number of amides is 1. The van der Waals surface area contributed by atoms with E-state index in [9.17, 15) is 9.59 Å². The van der Waals surface area contributed by atoms with Crippen LogP contribution >= 0.6 is 0 Å². The third-order valence-corrected chi connectivity index (χ3v) is 5.72. The predicted octanol–water partition coefficient (Wildman–Crippen LogP) is 1.86. The summed E-state index contributed by atoms with van der Waals surface area (Å²) in [5.74, 6) is -0.474. The molecule has 0 radical (unpaired) electrons. The Kier molecular flexibility index (Phi) is 5.14. The molecule has 1 amide bonds. The normalized spacial score (nSPS) is 21.1. The fourth-order valence-electron chi connectivity index (χ4n) is 2.97. The first-order chi connectivity index (χ1) is 11.3. The molecule has 1 N–H and O–H groups in total. The van der Waals surface area contributed by atoms with Crippen molar-refractivity contribution < 1.29 is 14.3 Å². The Balaban J connectivity index is 2.47. The maximum Gasteiger partial charge on any atom is 0.359 e. The molecule has 2 unspecified atom stereocenters. The summed E-state index contributed by atoms with van der Waals surface area (Å²) in [6.07, 6.45) is -0.213. The van der Waals surface area contributed by atoms with Crippen LogP contribution in [-0.2, 0) is 9.53 Å². The molecule has 0 spiro atoms. The fraction of sp³-hybridized carbons (Fsp3) is 0.765. The van der Waals surface area contributed by atoms with Crippen LogP contribution in [0.25, 0.3) is 0 Å². The molecule has 0 aromatic carbocycles. The van der Waals surface area contributed by atoms with Crippen molar-refractivity contribution in [2.24, 2.45) is 5.92 Å². The van der Waals surface area contributed by atoms with E-state index in [4.69, 9.17) is 4.74 Å². The molecule has 2 heterocycles. The summed E-state index contributed by atoms with van der Waals surface area (Å²) in [5, 5.41) is 12.2. The summed E-state index contributed by atoms with van der Waals surface area (Å²) in [4.78, 5) is 25.4. The molecule has 0 bridgehead atoms. The van der Waals surface area contributed by atoms with Gasteiger partial charge in [0, 0.05) is 5.54 Å². The Morgan fingerprint density at radius 2 is 1.92 bits per heavy atom. The topological polar surface area (TPSA) is 86.1 Å². The van der Waals surface area contributed by atoms with Crippen LogP contribution in [0.15, 0.2) is 0 Å². The molecule has 140 valence electrons. The molecule has 2 rings (SSSR count). The third kappa shape index (κ3) is 4.29. The summed E-state index contributed by atoms with van der Waals surface area (Å²) < 4.78 is 7.23. The summed E-state index contributed by atoms with van der Waals surface area (Å²) in [5.41, 5.74) is 0.0162. The minimum Gasteiger partial charge on any atom is -0.445 e. The second-order valence-electron chi connectivity index (χ2n) is 9.24. The number of carbonyl (C=O) groups is 2. The number of nitrogens with one attached hydrogen (secondary N) is 1. The van der Waals surface area contributed by atoms with Gasteiger partial charge in [-0.2, -0.15) is 0 Å². The highest BCUT2D eigenvalue weighted by molar-refractivity contribution is 6.88. The lowest BCUT2D eigenvalue weighted by molar-refractivity contribution is -0.135. The average molecular weight is 367 g/mol. The van der Waals surface area contributed by atoms with Gasteiger partial charge in [-0.05, 0) is 33.1 Å². The zero-order chi connectivity index (χ0) is 19.2. The monoisotopic (exact) mass is 366 g/mol. The second kappa shape index (κ2) is 6.55. The lowest BCUT2D eigenvalue weighted by atomic mass is 9.96. The SMILES string of the molecule is CC(C)CC1C(C(=O)NC(C)(C)C)OC(=O)c2c([Si](C)(C)C)nnn21. The van der Waals surface area contributed by atoms with Gasteiger partial charge in [-0.1, -0.05) is 38.7 Å². The van der Waals surface area contributed by atoms with Gasteiger partial charge in [-0.25, -0.2) is 9.48 Å². The van der Waals surface area contributed by atoms with E-state index in [1.165, 1.54) is 0 Å². The van der Waals surface area contributed by atoms with E-state index in [-0.39, 0.29) is 11.9 Å². The van der Waals surface area contributed by atoms with Crippen molar-refractivity contribution in [3.63, 3.8) is 0 Å². The van der Waals surface area contributed by atoms with Crippen LogP contribution in [0.4, 0.5) is 0 Å². The van der Waals surface area contributed by atoms with Gasteiger partial charge in [0.1, 0.15) is 14.1 Å². The molecule has 2 atom stereocenters. The zero-order valence-electron chi connectivity index (χ0n) is 16.5. The van der Waals surface area contributed by atoms with Crippen LogP contribution in [0, 0.1) is 5.92 Å².